The normalized spacial score (nSPS) is 11.7. The largest absolute Gasteiger partial charge is 0.270 e. The summed E-state index contributed by atoms with van der Waals surface area (Å²) >= 11 is 0. The Balaban J connectivity index is 2.41. The van der Waals surface area contributed by atoms with Crippen molar-refractivity contribution in [2.24, 2.45) is 4.99 Å². The van der Waals surface area contributed by atoms with Crippen molar-refractivity contribution in [2.45, 2.75) is 33.2 Å². The Hall–Kier alpha value is -2.33. The fraction of sp³-hybridized carbons (Fsp3) is 0.250. The van der Waals surface area contributed by atoms with E-state index in [1.165, 1.54) is 5.56 Å². The highest BCUT2D eigenvalue weighted by atomic mass is 14.8. The van der Waals surface area contributed by atoms with Gasteiger partial charge in [-0.05, 0) is 45.7 Å². The van der Waals surface area contributed by atoms with E-state index in [-0.39, 0.29) is 5.54 Å². The van der Waals surface area contributed by atoms with Crippen LogP contribution in [-0.2, 0) is 0 Å². The van der Waals surface area contributed by atoms with Crippen molar-refractivity contribution in [2.75, 3.05) is 0 Å². The SMILES string of the molecule is Cc1ccc(C(C#Cc2ccccc2)=NC(C)(C)C)cc1. The van der Waals surface area contributed by atoms with Crippen LogP contribution in [0.4, 0.5) is 0 Å². The number of hydrogen-bond acceptors (Lipinski definition) is 1. The molecule has 0 aliphatic heterocycles. The third-order valence-corrected chi connectivity index (χ3v) is 2.87. The summed E-state index contributed by atoms with van der Waals surface area (Å²) in [5.74, 6) is 6.43. The first-order valence-corrected chi connectivity index (χ1v) is 7.18. The first-order valence-electron chi connectivity index (χ1n) is 7.18. The zero-order chi connectivity index (χ0) is 15.3. The van der Waals surface area contributed by atoms with Gasteiger partial charge in [-0.1, -0.05) is 53.9 Å². The van der Waals surface area contributed by atoms with Crippen molar-refractivity contribution in [3.05, 3.63) is 71.3 Å². The van der Waals surface area contributed by atoms with Gasteiger partial charge in [0.05, 0.1) is 5.54 Å². The van der Waals surface area contributed by atoms with Crippen LogP contribution in [0.2, 0.25) is 0 Å². The topological polar surface area (TPSA) is 12.4 Å². The highest BCUT2D eigenvalue weighted by Gasteiger charge is 2.10. The minimum atomic E-state index is -0.147. The van der Waals surface area contributed by atoms with Gasteiger partial charge in [-0.3, -0.25) is 4.99 Å². The van der Waals surface area contributed by atoms with Gasteiger partial charge in [-0.25, -0.2) is 0 Å². The molecule has 0 amide bonds. The van der Waals surface area contributed by atoms with E-state index in [2.05, 4.69) is 63.8 Å². The van der Waals surface area contributed by atoms with Gasteiger partial charge in [-0.15, -0.1) is 0 Å². The van der Waals surface area contributed by atoms with Crippen LogP contribution in [0.3, 0.4) is 0 Å². The molecule has 0 unspecified atom stereocenters. The first-order chi connectivity index (χ1) is 9.94. The van der Waals surface area contributed by atoms with Crippen molar-refractivity contribution in [1.82, 2.24) is 0 Å². The third-order valence-electron chi connectivity index (χ3n) is 2.87. The second kappa shape index (κ2) is 6.41. The molecule has 0 heterocycles. The molecule has 1 heteroatoms. The predicted octanol–water partition coefficient (Wildman–Crippen LogP) is 4.63. The molecule has 0 spiro atoms. The number of aliphatic imine (C=N–C) groups is 1. The Labute approximate surface area is 127 Å². The summed E-state index contributed by atoms with van der Waals surface area (Å²) in [4.78, 5) is 4.77. The lowest BCUT2D eigenvalue weighted by molar-refractivity contribution is 0.585. The molecule has 0 saturated heterocycles. The molecule has 1 nitrogen and oxygen atoms in total. The van der Waals surface area contributed by atoms with Gasteiger partial charge >= 0.3 is 0 Å². The monoisotopic (exact) mass is 275 g/mol. The maximum Gasteiger partial charge on any atom is 0.115 e. The van der Waals surface area contributed by atoms with Crippen LogP contribution in [0.25, 0.3) is 0 Å². The molecule has 0 bridgehead atoms. The molecule has 106 valence electrons. The van der Waals surface area contributed by atoms with Gasteiger partial charge in [0.2, 0.25) is 0 Å². The number of benzene rings is 2. The lowest BCUT2D eigenvalue weighted by atomic mass is 10.0. The summed E-state index contributed by atoms with van der Waals surface area (Å²) < 4.78 is 0. The van der Waals surface area contributed by atoms with E-state index in [0.717, 1.165) is 16.8 Å². The highest BCUT2D eigenvalue weighted by molar-refractivity contribution is 6.13. The predicted molar refractivity (Wildman–Crippen MR) is 90.8 cm³/mol. The Morgan fingerprint density at radius 3 is 2.10 bits per heavy atom. The number of aryl methyl sites for hydroxylation is 1. The third kappa shape index (κ3) is 4.93. The molecular formula is C20H21N. The van der Waals surface area contributed by atoms with E-state index in [1.54, 1.807) is 0 Å². The zero-order valence-corrected chi connectivity index (χ0v) is 13.1. The lowest BCUT2D eigenvalue weighted by Crippen LogP contribution is -2.14. The fourth-order valence-electron chi connectivity index (χ4n) is 1.86. The first kappa shape index (κ1) is 15.1. The molecule has 0 N–H and O–H groups in total. The summed E-state index contributed by atoms with van der Waals surface area (Å²) in [5.41, 5.74) is 4.01. The van der Waals surface area contributed by atoms with Gasteiger partial charge in [-0.2, -0.15) is 0 Å². The smallest absolute Gasteiger partial charge is 0.115 e. The van der Waals surface area contributed by atoms with Crippen LogP contribution < -0.4 is 0 Å². The van der Waals surface area contributed by atoms with Crippen LogP contribution in [0.5, 0.6) is 0 Å². The Kier molecular flexibility index (Phi) is 4.60. The van der Waals surface area contributed by atoms with Crippen LogP contribution in [0, 0.1) is 18.8 Å². The van der Waals surface area contributed by atoms with Crippen molar-refractivity contribution >= 4 is 5.71 Å². The van der Waals surface area contributed by atoms with Crippen molar-refractivity contribution in [3.8, 4) is 11.8 Å². The Bertz CT molecular complexity index is 675. The van der Waals surface area contributed by atoms with Crippen molar-refractivity contribution in [1.29, 1.82) is 0 Å². The molecule has 0 radical (unpaired) electrons. The minimum absolute atomic E-state index is 0.147. The van der Waals surface area contributed by atoms with E-state index >= 15 is 0 Å². The second-order valence-electron chi connectivity index (χ2n) is 6.11. The second-order valence-corrected chi connectivity index (χ2v) is 6.11. The summed E-state index contributed by atoms with van der Waals surface area (Å²) in [6.45, 7) is 8.35. The van der Waals surface area contributed by atoms with Gasteiger partial charge < -0.3 is 0 Å². The van der Waals surface area contributed by atoms with Crippen molar-refractivity contribution in [3.63, 3.8) is 0 Å². The quantitative estimate of drug-likeness (QED) is 0.531. The standard InChI is InChI=1S/C20H21N/c1-16-10-13-18(14-11-16)19(21-20(2,3)4)15-12-17-8-6-5-7-9-17/h5-11,13-14H,1-4H3. The maximum absolute atomic E-state index is 4.77. The molecule has 0 fully saturated rings. The molecule has 0 aromatic heterocycles. The van der Waals surface area contributed by atoms with Crippen LogP contribution in [0.1, 0.15) is 37.5 Å². The Morgan fingerprint density at radius 1 is 0.905 bits per heavy atom. The van der Waals surface area contributed by atoms with Gasteiger partial charge in [0.15, 0.2) is 0 Å². The molecule has 21 heavy (non-hydrogen) atoms. The van der Waals surface area contributed by atoms with E-state index in [4.69, 9.17) is 4.99 Å². The number of nitrogens with zero attached hydrogens (tertiary/aromatic N) is 1. The van der Waals surface area contributed by atoms with E-state index < -0.39 is 0 Å². The number of hydrogen-bond donors (Lipinski definition) is 0. The number of rotatable bonds is 1. The van der Waals surface area contributed by atoms with Gasteiger partial charge in [0.25, 0.3) is 0 Å². The fourth-order valence-corrected chi connectivity index (χ4v) is 1.86. The summed E-state index contributed by atoms with van der Waals surface area (Å²) in [6.07, 6.45) is 0. The van der Waals surface area contributed by atoms with Gasteiger partial charge in [0, 0.05) is 11.1 Å². The lowest BCUT2D eigenvalue weighted by Gasteiger charge is -2.13. The summed E-state index contributed by atoms with van der Waals surface area (Å²) in [5, 5.41) is 0. The molecule has 2 rings (SSSR count). The highest BCUT2D eigenvalue weighted by Crippen LogP contribution is 2.12. The molecule has 2 aromatic rings. The summed E-state index contributed by atoms with van der Waals surface area (Å²) in [7, 11) is 0. The van der Waals surface area contributed by atoms with Crippen LogP contribution in [0.15, 0.2) is 59.6 Å². The van der Waals surface area contributed by atoms with Crippen LogP contribution >= 0.6 is 0 Å². The Morgan fingerprint density at radius 2 is 1.52 bits per heavy atom. The summed E-state index contributed by atoms with van der Waals surface area (Å²) in [6, 6.07) is 18.4. The van der Waals surface area contributed by atoms with Crippen molar-refractivity contribution < 1.29 is 0 Å². The molecule has 2 aromatic carbocycles. The minimum Gasteiger partial charge on any atom is -0.270 e. The van der Waals surface area contributed by atoms with E-state index in [1.807, 2.05) is 30.3 Å². The molecule has 0 saturated carbocycles. The molecule has 0 atom stereocenters. The molecule has 0 aliphatic rings. The average molecular weight is 275 g/mol. The average Bonchev–Trinajstić information content (AvgIpc) is 2.44. The molecular weight excluding hydrogens is 254 g/mol. The van der Waals surface area contributed by atoms with Gasteiger partial charge in [0.1, 0.15) is 5.71 Å². The zero-order valence-electron chi connectivity index (χ0n) is 13.1. The maximum atomic E-state index is 4.77. The van der Waals surface area contributed by atoms with Crippen LogP contribution in [-0.4, -0.2) is 11.3 Å². The molecule has 0 aliphatic carbocycles. The van der Waals surface area contributed by atoms with E-state index in [0.29, 0.717) is 0 Å². The van der Waals surface area contributed by atoms with E-state index in [9.17, 15) is 0 Å².